The molecule has 3 atom stereocenters. The number of amides is 1. The average molecular weight is 374 g/mol. The predicted octanol–water partition coefficient (Wildman–Crippen LogP) is 2.53. The summed E-state index contributed by atoms with van der Waals surface area (Å²) in [4.78, 5) is 14.9. The Kier molecular flexibility index (Phi) is 8.51. The normalized spacial score (nSPS) is 27.3. The number of nitrogens with zero attached hydrogens (tertiary/aromatic N) is 1. The maximum absolute atomic E-state index is 12.4. The number of nitrogens with two attached hydrogens (primary N) is 1. The number of benzene rings is 1. The first-order chi connectivity index (χ1) is 10.6. The quantitative estimate of drug-likeness (QED) is 0.852. The van der Waals surface area contributed by atoms with Crippen molar-refractivity contribution < 1.29 is 4.79 Å². The fourth-order valence-corrected chi connectivity index (χ4v) is 4.00. The molecule has 2 bridgehead atoms. The zero-order valence-electron chi connectivity index (χ0n) is 14.2. The van der Waals surface area contributed by atoms with Crippen molar-refractivity contribution in [1.82, 2.24) is 10.2 Å². The van der Waals surface area contributed by atoms with Crippen LogP contribution in [0.25, 0.3) is 0 Å². The van der Waals surface area contributed by atoms with Crippen LogP contribution in [0.1, 0.15) is 37.7 Å². The Labute approximate surface area is 157 Å². The molecule has 6 heteroatoms. The van der Waals surface area contributed by atoms with Crippen molar-refractivity contribution in [3.8, 4) is 0 Å². The highest BCUT2D eigenvalue weighted by Crippen LogP contribution is 2.32. The molecule has 0 saturated carbocycles. The summed E-state index contributed by atoms with van der Waals surface area (Å²) >= 11 is 0. The SMILES string of the molecule is CN1C2CCCC1CC(NC(=O)[C@@H](N)Cc1ccccc1)C2.Cl.Cl. The van der Waals surface area contributed by atoms with Crippen molar-refractivity contribution in [2.45, 2.75) is 62.7 Å². The lowest BCUT2D eigenvalue weighted by Gasteiger charge is -2.47. The smallest absolute Gasteiger partial charge is 0.237 e. The summed E-state index contributed by atoms with van der Waals surface area (Å²) in [7, 11) is 2.23. The first-order valence-corrected chi connectivity index (χ1v) is 8.45. The topological polar surface area (TPSA) is 58.4 Å². The second-order valence-electron chi connectivity index (χ2n) is 6.88. The van der Waals surface area contributed by atoms with E-state index in [2.05, 4.69) is 17.3 Å². The molecule has 1 aromatic rings. The lowest BCUT2D eigenvalue weighted by Crippen LogP contribution is -2.57. The highest BCUT2D eigenvalue weighted by Gasteiger charge is 2.36. The van der Waals surface area contributed by atoms with Crippen LogP contribution in [0.3, 0.4) is 0 Å². The van der Waals surface area contributed by atoms with E-state index in [0.717, 1.165) is 18.4 Å². The molecule has 1 amide bonds. The third-order valence-corrected chi connectivity index (χ3v) is 5.32. The highest BCUT2D eigenvalue weighted by atomic mass is 35.5. The lowest BCUT2D eigenvalue weighted by molar-refractivity contribution is -0.123. The molecule has 2 aliphatic heterocycles. The molecule has 0 spiro atoms. The van der Waals surface area contributed by atoms with Gasteiger partial charge in [-0.2, -0.15) is 0 Å². The second kappa shape index (κ2) is 9.62. The van der Waals surface area contributed by atoms with E-state index in [1.54, 1.807) is 0 Å². The van der Waals surface area contributed by atoms with Crippen LogP contribution in [0.2, 0.25) is 0 Å². The van der Waals surface area contributed by atoms with Crippen LogP contribution >= 0.6 is 24.8 Å². The average Bonchev–Trinajstić information content (AvgIpc) is 2.49. The van der Waals surface area contributed by atoms with Crippen LogP contribution in [-0.4, -0.2) is 42.0 Å². The van der Waals surface area contributed by atoms with Gasteiger partial charge in [0.15, 0.2) is 0 Å². The van der Waals surface area contributed by atoms with Crippen LogP contribution in [0.15, 0.2) is 30.3 Å². The van der Waals surface area contributed by atoms with E-state index in [1.165, 1.54) is 19.3 Å². The van der Waals surface area contributed by atoms with Gasteiger partial charge in [-0.25, -0.2) is 0 Å². The molecule has 24 heavy (non-hydrogen) atoms. The Morgan fingerprint density at radius 3 is 2.38 bits per heavy atom. The van der Waals surface area contributed by atoms with Gasteiger partial charge in [0, 0.05) is 18.1 Å². The van der Waals surface area contributed by atoms with Crippen LogP contribution in [0.4, 0.5) is 0 Å². The van der Waals surface area contributed by atoms with E-state index in [0.29, 0.717) is 24.5 Å². The Balaban J connectivity index is 0.00000144. The largest absolute Gasteiger partial charge is 0.352 e. The highest BCUT2D eigenvalue weighted by molar-refractivity contribution is 5.85. The number of hydrogen-bond donors (Lipinski definition) is 2. The summed E-state index contributed by atoms with van der Waals surface area (Å²) in [5.41, 5.74) is 7.20. The number of nitrogens with one attached hydrogen (secondary N) is 1. The molecule has 0 radical (unpaired) electrons. The zero-order chi connectivity index (χ0) is 15.5. The summed E-state index contributed by atoms with van der Waals surface area (Å²) in [6.45, 7) is 0. The Hall–Kier alpha value is -0.810. The minimum Gasteiger partial charge on any atom is -0.352 e. The van der Waals surface area contributed by atoms with Gasteiger partial charge < -0.3 is 16.0 Å². The van der Waals surface area contributed by atoms with Gasteiger partial charge in [-0.05, 0) is 44.7 Å². The zero-order valence-corrected chi connectivity index (χ0v) is 15.8. The first kappa shape index (κ1) is 21.2. The van der Waals surface area contributed by atoms with Gasteiger partial charge in [-0.15, -0.1) is 24.8 Å². The van der Waals surface area contributed by atoms with E-state index >= 15 is 0 Å². The first-order valence-electron chi connectivity index (χ1n) is 8.45. The Morgan fingerprint density at radius 1 is 1.21 bits per heavy atom. The minimum atomic E-state index is -0.457. The molecular weight excluding hydrogens is 345 g/mol. The van der Waals surface area contributed by atoms with E-state index in [9.17, 15) is 4.79 Å². The summed E-state index contributed by atoms with van der Waals surface area (Å²) in [6.07, 6.45) is 6.58. The van der Waals surface area contributed by atoms with Crippen molar-refractivity contribution in [2.24, 2.45) is 5.73 Å². The third-order valence-electron chi connectivity index (χ3n) is 5.32. The molecule has 1 aromatic carbocycles. The number of carbonyl (C=O) groups excluding carboxylic acids is 1. The monoisotopic (exact) mass is 373 g/mol. The standard InChI is InChI=1S/C18H27N3O.2ClH/c1-21-15-8-5-9-16(21)12-14(11-15)20-18(22)17(19)10-13-6-3-2-4-7-13;;/h2-4,6-7,14-17H,5,8-12,19H2,1H3,(H,20,22);2*1H/t14?,15?,16?,17-;;/m0../s1. The van der Waals surface area contributed by atoms with Crippen molar-refractivity contribution in [3.63, 3.8) is 0 Å². The lowest BCUT2D eigenvalue weighted by atomic mass is 9.82. The number of fused-ring (bicyclic) bond motifs is 2. The second-order valence-corrected chi connectivity index (χ2v) is 6.88. The van der Waals surface area contributed by atoms with Gasteiger partial charge in [0.2, 0.25) is 5.91 Å². The van der Waals surface area contributed by atoms with Crippen LogP contribution in [-0.2, 0) is 11.2 Å². The van der Waals surface area contributed by atoms with Gasteiger partial charge in [-0.1, -0.05) is 36.8 Å². The molecule has 3 N–H and O–H groups in total. The van der Waals surface area contributed by atoms with Gasteiger partial charge in [0.05, 0.1) is 6.04 Å². The van der Waals surface area contributed by atoms with E-state index in [-0.39, 0.29) is 30.7 Å². The number of rotatable bonds is 4. The van der Waals surface area contributed by atoms with E-state index in [4.69, 9.17) is 5.73 Å². The molecule has 2 saturated heterocycles. The third kappa shape index (κ3) is 5.09. The molecule has 3 rings (SSSR count). The summed E-state index contributed by atoms with van der Waals surface area (Å²) < 4.78 is 0. The number of piperidine rings is 2. The van der Waals surface area contributed by atoms with E-state index < -0.39 is 6.04 Å². The minimum absolute atomic E-state index is 0. The summed E-state index contributed by atoms with van der Waals surface area (Å²) in [5.74, 6) is -0.00326. The maximum atomic E-state index is 12.4. The van der Waals surface area contributed by atoms with Crippen molar-refractivity contribution >= 4 is 30.7 Å². The van der Waals surface area contributed by atoms with Gasteiger partial charge in [0.25, 0.3) is 0 Å². The van der Waals surface area contributed by atoms with Gasteiger partial charge >= 0.3 is 0 Å². The summed E-state index contributed by atoms with van der Waals surface area (Å²) in [5, 5.41) is 3.20. The fraction of sp³-hybridized carbons (Fsp3) is 0.611. The molecular formula is C18H29Cl2N3O. The number of carbonyl (C=O) groups is 1. The van der Waals surface area contributed by atoms with Gasteiger partial charge in [-0.3, -0.25) is 4.79 Å². The predicted molar refractivity (Wildman–Crippen MR) is 103 cm³/mol. The van der Waals surface area contributed by atoms with Crippen molar-refractivity contribution in [3.05, 3.63) is 35.9 Å². The summed E-state index contributed by atoms with van der Waals surface area (Å²) in [6, 6.07) is 11.1. The molecule has 2 unspecified atom stereocenters. The molecule has 2 aliphatic rings. The maximum Gasteiger partial charge on any atom is 0.237 e. The van der Waals surface area contributed by atoms with Crippen LogP contribution < -0.4 is 11.1 Å². The molecule has 136 valence electrons. The number of halogens is 2. The molecule has 2 fully saturated rings. The van der Waals surface area contributed by atoms with Crippen LogP contribution in [0.5, 0.6) is 0 Å². The molecule has 0 aromatic heterocycles. The number of hydrogen-bond acceptors (Lipinski definition) is 3. The van der Waals surface area contributed by atoms with Crippen LogP contribution in [0, 0.1) is 0 Å². The molecule has 4 nitrogen and oxygen atoms in total. The Morgan fingerprint density at radius 2 is 1.79 bits per heavy atom. The van der Waals surface area contributed by atoms with Crippen molar-refractivity contribution in [1.29, 1.82) is 0 Å². The van der Waals surface area contributed by atoms with Crippen molar-refractivity contribution in [2.75, 3.05) is 7.05 Å². The Bertz CT molecular complexity index is 500. The molecule has 2 heterocycles. The molecule has 0 aliphatic carbocycles. The van der Waals surface area contributed by atoms with Gasteiger partial charge in [0.1, 0.15) is 0 Å². The fourth-order valence-electron chi connectivity index (χ4n) is 4.00. The van der Waals surface area contributed by atoms with E-state index in [1.807, 2.05) is 30.3 Å².